The predicted molar refractivity (Wildman–Crippen MR) is 84.1 cm³/mol. The number of aliphatic hydroxyl groups excluding tert-OH is 1. The lowest BCUT2D eigenvalue weighted by Crippen LogP contribution is -2.36. The average Bonchev–Trinajstić information content (AvgIpc) is 2.57. The summed E-state index contributed by atoms with van der Waals surface area (Å²) in [5.74, 6) is 0. The van der Waals surface area contributed by atoms with Gasteiger partial charge in [0.15, 0.2) is 6.10 Å². The minimum Gasteiger partial charge on any atom is -0.382 e. The molecule has 1 atom stereocenters. The van der Waals surface area contributed by atoms with Crippen LogP contribution in [0.1, 0.15) is 0 Å². The predicted octanol–water partition coefficient (Wildman–Crippen LogP) is 2.43. The third-order valence-corrected chi connectivity index (χ3v) is 3.66. The van der Waals surface area contributed by atoms with Gasteiger partial charge >= 0.3 is 6.18 Å². The van der Waals surface area contributed by atoms with E-state index in [1.807, 2.05) is 0 Å². The van der Waals surface area contributed by atoms with Crippen LogP contribution in [-0.4, -0.2) is 36.9 Å². The Morgan fingerprint density at radius 1 is 1.36 bits per heavy atom. The van der Waals surface area contributed by atoms with Crippen LogP contribution in [0.5, 0.6) is 0 Å². The molecule has 6 nitrogen and oxygen atoms in total. The number of alkyl halides is 3. The summed E-state index contributed by atoms with van der Waals surface area (Å²) < 4.78 is 38.2. The van der Waals surface area contributed by atoms with E-state index in [2.05, 4.69) is 15.0 Å². The lowest BCUT2D eigenvalue weighted by molar-refractivity contribution is -0.207. The van der Waals surface area contributed by atoms with Gasteiger partial charge < -0.3 is 5.11 Å². The summed E-state index contributed by atoms with van der Waals surface area (Å²) in [4.78, 5) is 24.6. The number of hydrogen-bond donors (Lipinski definition) is 1. The van der Waals surface area contributed by atoms with Crippen molar-refractivity contribution in [3.63, 3.8) is 0 Å². The second-order valence-electron chi connectivity index (χ2n) is 5.19. The van der Waals surface area contributed by atoms with Crippen molar-refractivity contribution < 1.29 is 18.3 Å². The maximum absolute atomic E-state index is 12.5. The third-order valence-electron chi connectivity index (χ3n) is 3.46. The molecular formula is C15H10ClF3N4O2. The minimum absolute atomic E-state index is 0.00396. The van der Waals surface area contributed by atoms with Crippen LogP contribution in [0.2, 0.25) is 5.15 Å². The lowest BCUT2D eigenvalue weighted by Gasteiger charge is -2.16. The zero-order valence-electron chi connectivity index (χ0n) is 12.4. The van der Waals surface area contributed by atoms with Crippen molar-refractivity contribution in [3.8, 4) is 11.3 Å². The summed E-state index contributed by atoms with van der Waals surface area (Å²) in [6, 6.07) is 4.57. The van der Waals surface area contributed by atoms with Gasteiger partial charge in [0, 0.05) is 18.0 Å². The second kappa shape index (κ2) is 6.41. The third kappa shape index (κ3) is 3.47. The maximum Gasteiger partial charge on any atom is 0.416 e. The van der Waals surface area contributed by atoms with Crippen LogP contribution < -0.4 is 5.56 Å². The molecule has 3 aromatic heterocycles. The minimum atomic E-state index is -4.84. The molecular weight excluding hydrogens is 361 g/mol. The first-order chi connectivity index (χ1) is 11.8. The van der Waals surface area contributed by atoms with Gasteiger partial charge in [-0.25, -0.2) is 9.97 Å². The number of halogens is 4. The number of rotatable bonds is 3. The van der Waals surface area contributed by atoms with Crippen molar-refractivity contribution in [1.29, 1.82) is 0 Å². The molecule has 130 valence electrons. The Morgan fingerprint density at radius 2 is 2.12 bits per heavy atom. The number of nitrogens with zero attached hydrogens (tertiary/aromatic N) is 4. The second-order valence-corrected chi connectivity index (χ2v) is 5.58. The van der Waals surface area contributed by atoms with Gasteiger partial charge in [-0.05, 0) is 18.2 Å². The van der Waals surface area contributed by atoms with Gasteiger partial charge in [0.1, 0.15) is 16.4 Å². The molecule has 1 N–H and O–H groups in total. The van der Waals surface area contributed by atoms with E-state index in [1.54, 1.807) is 18.3 Å². The molecule has 0 radical (unpaired) electrons. The van der Waals surface area contributed by atoms with E-state index in [0.29, 0.717) is 10.1 Å². The summed E-state index contributed by atoms with van der Waals surface area (Å²) in [6.45, 7) is -0.965. The Labute approximate surface area is 143 Å². The molecule has 3 rings (SSSR count). The summed E-state index contributed by atoms with van der Waals surface area (Å²) >= 11 is 5.94. The molecule has 0 spiro atoms. The number of hydrogen-bond acceptors (Lipinski definition) is 5. The molecule has 10 heteroatoms. The molecule has 0 saturated carbocycles. The van der Waals surface area contributed by atoms with Crippen LogP contribution in [0, 0.1) is 0 Å². The van der Waals surface area contributed by atoms with Crippen molar-refractivity contribution in [3.05, 3.63) is 52.4 Å². The van der Waals surface area contributed by atoms with Gasteiger partial charge in [0.2, 0.25) is 0 Å². The largest absolute Gasteiger partial charge is 0.416 e. The number of fused-ring (bicyclic) bond motifs is 1. The Morgan fingerprint density at radius 3 is 2.76 bits per heavy atom. The number of aromatic nitrogens is 4. The van der Waals surface area contributed by atoms with Crippen LogP contribution in [0.4, 0.5) is 13.2 Å². The molecule has 3 heterocycles. The standard InChI is InChI=1S/C15H10ClF3N4O2/c16-11-4-9-13(12(22-11)8-2-1-3-20-5-8)21-7-23(14(9)25)6-10(24)15(17,18)19/h1-5,7,10,24H,6H2/t10-/m1/s1. The summed E-state index contributed by atoms with van der Waals surface area (Å²) in [6.07, 6.45) is -3.53. The maximum atomic E-state index is 12.5. The SMILES string of the molecule is O=c1c2cc(Cl)nc(-c3cccnc3)c2ncn1C[C@@H](O)C(F)(F)F. The van der Waals surface area contributed by atoms with E-state index in [1.165, 1.54) is 12.3 Å². The van der Waals surface area contributed by atoms with Crippen LogP contribution in [0.25, 0.3) is 22.2 Å². The van der Waals surface area contributed by atoms with E-state index >= 15 is 0 Å². The van der Waals surface area contributed by atoms with Gasteiger partial charge in [-0.2, -0.15) is 13.2 Å². The fourth-order valence-electron chi connectivity index (χ4n) is 2.26. The van der Waals surface area contributed by atoms with Crippen LogP contribution in [0.3, 0.4) is 0 Å². The molecule has 0 aliphatic rings. The molecule has 25 heavy (non-hydrogen) atoms. The van der Waals surface area contributed by atoms with Crippen molar-refractivity contribution in [1.82, 2.24) is 19.5 Å². The Balaban J connectivity index is 2.16. The first-order valence-corrected chi connectivity index (χ1v) is 7.36. The van der Waals surface area contributed by atoms with Gasteiger partial charge in [-0.1, -0.05) is 11.6 Å². The van der Waals surface area contributed by atoms with Crippen molar-refractivity contribution in [2.75, 3.05) is 0 Å². The van der Waals surface area contributed by atoms with Crippen LogP contribution in [0.15, 0.2) is 41.7 Å². The zero-order chi connectivity index (χ0) is 18.2. The monoisotopic (exact) mass is 370 g/mol. The summed E-state index contributed by atoms with van der Waals surface area (Å²) in [5, 5.41) is 9.15. The highest BCUT2D eigenvalue weighted by atomic mass is 35.5. The molecule has 0 unspecified atom stereocenters. The smallest absolute Gasteiger partial charge is 0.382 e. The van der Waals surface area contributed by atoms with Crippen molar-refractivity contribution >= 4 is 22.5 Å². The van der Waals surface area contributed by atoms with E-state index < -0.39 is 24.4 Å². The fraction of sp³-hybridized carbons (Fsp3) is 0.200. The Hall–Kier alpha value is -2.52. The Bertz CT molecular complexity index is 976. The fourth-order valence-corrected chi connectivity index (χ4v) is 2.45. The summed E-state index contributed by atoms with van der Waals surface area (Å²) in [7, 11) is 0. The van der Waals surface area contributed by atoms with Gasteiger partial charge in [0.25, 0.3) is 5.56 Å². The molecule has 0 amide bonds. The zero-order valence-corrected chi connectivity index (χ0v) is 13.2. The van der Waals surface area contributed by atoms with Crippen molar-refractivity contribution in [2.45, 2.75) is 18.8 Å². The lowest BCUT2D eigenvalue weighted by atomic mass is 10.1. The van der Waals surface area contributed by atoms with Crippen molar-refractivity contribution in [2.24, 2.45) is 0 Å². The van der Waals surface area contributed by atoms with Gasteiger partial charge in [-0.15, -0.1) is 0 Å². The molecule has 0 aromatic carbocycles. The highest BCUT2D eigenvalue weighted by Crippen LogP contribution is 2.26. The molecule has 0 aliphatic heterocycles. The number of pyridine rings is 2. The van der Waals surface area contributed by atoms with E-state index in [9.17, 15) is 18.0 Å². The topological polar surface area (TPSA) is 80.9 Å². The summed E-state index contributed by atoms with van der Waals surface area (Å²) in [5.41, 5.74) is 0.258. The van der Waals surface area contributed by atoms with Crippen LogP contribution >= 0.6 is 11.6 Å². The van der Waals surface area contributed by atoms with E-state index in [-0.39, 0.29) is 21.7 Å². The van der Waals surface area contributed by atoms with Crippen LogP contribution in [-0.2, 0) is 6.54 Å². The molecule has 0 aliphatic carbocycles. The normalized spacial score (nSPS) is 13.2. The quantitative estimate of drug-likeness (QED) is 0.716. The van der Waals surface area contributed by atoms with Gasteiger partial charge in [0.05, 0.1) is 18.3 Å². The van der Waals surface area contributed by atoms with E-state index in [0.717, 1.165) is 6.33 Å². The molecule has 3 aromatic rings. The average molecular weight is 371 g/mol. The highest BCUT2D eigenvalue weighted by molar-refractivity contribution is 6.30. The van der Waals surface area contributed by atoms with E-state index in [4.69, 9.17) is 16.7 Å². The molecule has 0 fully saturated rings. The Kier molecular flexibility index (Phi) is 4.44. The highest BCUT2D eigenvalue weighted by Gasteiger charge is 2.38. The molecule has 0 bridgehead atoms. The van der Waals surface area contributed by atoms with Gasteiger partial charge in [-0.3, -0.25) is 14.3 Å². The first-order valence-electron chi connectivity index (χ1n) is 6.98. The molecule has 0 saturated heterocycles. The number of aliphatic hydroxyl groups is 1. The first kappa shape index (κ1) is 17.3.